The number of benzene rings is 3. The fourth-order valence-electron chi connectivity index (χ4n) is 2.46. The molecule has 0 unspecified atom stereocenters. The average molecular weight is 528 g/mol. The van der Waals surface area contributed by atoms with E-state index in [1.54, 1.807) is 18.3 Å². The van der Waals surface area contributed by atoms with Crippen molar-refractivity contribution in [1.82, 2.24) is 0 Å². The highest BCUT2D eigenvalue weighted by Gasteiger charge is 2.11. The van der Waals surface area contributed by atoms with E-state index in [9.17, 15) is 0 Å². The second-order valence-corrected chi connectivity index (χ2v) is 8.49. The van der Waals surface area contributed by atoms with E-state index in [1.165, 1.54) is 0 Å². The number of aliphatic imine (C=N–C) groups is 1. The Morgan fingerprint density at radius 3 is 2.56 bits per heavy atom. The molecule has 0 aromatic heterocycles. The van der Waals surface area contributed by atoms with Crippen LogP contribution in [-0.2, 0) is 6.61 Å². The molecule has 0 saturated heterocycles. The minimum absolute atomic E-state index is 0.321. The number of hydrogen-bond donors (Lipinski definition) is 0. The second kappa shape index (κ2) is 9.24. The first-order chi connectivity index (χ1) is 12.9. The maximum absolute atomic E-state index is 6.25. The summed E-state index contributed by atoms with van der Waals surface area (Å²) in [4.78, 5) is 4.61. The molecule has 0 heterocycles. The van der Waals surface area contributed by atoms with Crippen molar-refractivity contribution >= 4 is 67.0 Å². The van der Waals surface area contributed by atoms with Gasteiger partial charge < -0.3 is 4.74 Å². The lowest BCUT2D eigenvalue weighted by molar-refractivity contribution is 0.304. The molecule has 0 radical (unpaired) electrons. The third kappa shape index (κ3) is 5.35. The van der Waals surface area contributed by atoms with Gasteiger partial charge in [-0.2, -0.15) is 0 Å². The Morgan fingerprint density at radius 1 is 1.04 bits per heavy atom. The number of aryl methyl sites for hydroxylation is 1. The zero-order chi connectivity index (χ0) is 19.4. The number of hydrogen-bond acceptors (Lipinski definition) is 2. The molecule has 3 aromatic carbocycles. The van der Waals surface area contributed by atoms with Gasteiger partial charge in [-0.15, -0.1) is 0 Å². The van der Waals surface area contributed by atoms with Crippen molar-refractivity contribution in [3.63, 3.8) is 0 Å². The summed E-state index contributed by atoms with van der Waals surface area (Å²) >= 11 is 19.3. The topological polar surface area (TPSA) is 21.6 Å². The van der Waals surface area contributed by atoms with Crippen LogP contribution < -0.4 is 4.74 Å². The van der Waals surface area contributed by atoms with Crippen LogP contribution in [-0.4, -0.2) is 6.21 Å². The number of ether oxygens (including phenoxy) is 1. The first-order valence-corrected chi connectivity index (χ1v) is 10.4. The van der Waals surface area contributed by atoms with Crippen LogP contribution in [0, 0.1) is 6.92 Å². The molecule has 0 amide bonds. The monoisotopic (exact) mass is 525 g/mol. The van der Waals surface area contributed by atoms with Gasteiger partial charge in [-0.25, -0.2) is 0 Å². The SMILES string of the molecule is Cc1ccccc1N=Cc1cc(Br)cc(Br)c1OCc1ccc(Cl)cc1Cl. The van der Waals surface area contributed by atoms with E-state index in [1.807, 2.05) is 49.4 Å². The molecule has 0 fully saturated rings. The van der Waals surface area contributed by atoms with Crippen molar-refractivity contribution in [2.75, 3.05) is 0 Å². The van der Waals surface area contributed by atoms with Crippen LogP contribution in [0.3, 0.4) is 0 Å². The first kappa shape index (κ1) is 20.4. The molecule has 138 valence electrons. The Balaban J connectivity index is 1.89. The minimum atomic E-state index is 0.321. The van der Waals surface area contributed by atoms with E-state index < -0.39 is 0 Å². The highest BCUT2D eigenvalue weighted by molar-refractivity contribution is 9.11. The van der Waals surface area contributed by atoms with Crippen LogP contribution in [0.1, 0.15) is 16.7 Å². The van der Waals surface area contributed by atoms with Gasteiger partial charge >= 0.3 is 0 Å². The summed E-state index contributed by atoms with van der Waals surface area (Å²) in [6.07, 6.45) is 1.80. The first-order valence-electron chi connectivity index (χ1n) is 8.09. The number of rotatable bonds is 5. The molecule has 0 aliphatic carbocycles. The van der Waals surface area contributed by atoms with Crippen LogP contribution in [0.4, 0.5) is 5.69 Å². The molecule has 0 atom stereocenters. The highest BCUT2D eigenvalue weighted by atomic mass is 79.9. The molecule has 0 N–H and O–H groups in total. The zero-order valence-electron chi connectivity index (χ0n) is 14.3. The van der Waals surface area contributed by atoms with Crippen molar-refractivity contribution in [3.8, 4) is 5.75 Å². The van der Waals surface area contributed by atoms with Gasteiger partial charge in [-0.05, 0) is 58.7 Å². The molecule has 0 spiro atoms. The van der Waals surface area contributed by atoms with Gasteiger partial charge in [0.1, 0.15) is 12.4 Å². The van der Waals surface area contributed by atoms with E-state index in [0.29, 0.717) is 22.4 Å². The molecule has 0 saturated carbocycles. The van der Waals surface area contributed by atoms with Gasteiger partial charge in [0.25, 0.3) is 0 Å². The van der Waals surface area contributed by atoms with Crippen LogP contribution in [0.2, 0.25) is 10.0 Å². The fourth-order valence-corrected chi connectivity index (χ4v) is 4.30. The van der Waals surface area contributed by atoms with Gasteiger partial charge in [0.05, 0.1) is 10.2 Å². The van der Waals surface area contributed by atoms with Crippen molar-refractivity contribution in [3.05, 3.63) is 90.3 Å². The highest BCUT2D eigenvalue weighted by Crippen LogP contribution is 2.34. The summed E-state index contributed by atoms with van der Waals surface area (Å²) < 4.78 is 7.82. The van der Waals surface area contributed by atoms with Gasteiger partial charge in [0.15, 0.2) is 0 Å². The Hall–Kier alpha value is -1.33. The van der Waals surface area contributed by atoms with Crippen LogP contribution in [0.25, 0.3) is 0 Å². The van der Waals surface area contributed by atoms with Gasteiger partial charge in [-0.1, -0.05) is 63.4 Å². The Bertz CT molecular complexity index is 1010. The van der Waals surface area contributed by atoms with Crippen molar-refractivity contribution in [2.45, 2.75) is 13.5 Å². The molecule has 27 heavy (non-hydrogen) atoms. The lowest BCUT2D eigenvalue weighted by atomic mass is 10.2. The summed E-state index contributed by atoms with van der Waals surface area (Å²) in [5.74, 6) is 0.696. The molecule has 0 bridgehead atoms. The predicted molar refractivity (Wildman–Crippen MR) is 121 cm³/mol. The van der Waals surface area contributed by atoms with Gasteiger partial charge in [-0.3, -0.25) is 4.99 Å². The average Bonchev–Trinajstić information content (AvgIpc) is 2.61. The molecule has 0 aliphatic rings. The molecular weight excluding hydrogens is 513 g/mol. The Labute approximate surface area is 185 Å². The third-order valence-corrected chi connectivity index (χ3v) is 5.52. The standard InChI is InChI=1S/C21H15Br2Cl2NO/c1-13-4-2-3-5-20(13)26-11-15-8-16(22)9-18(23)21(15)27-12-14-6-7-17(24)10-19(14)25/h2-11H,12H2,1H3. The third-order valence-electron chi connectivity index (χ3n) is 3.88. The lowest BCUT2D eigenvalue weighted by Gasteiger charge is -2.13. The summed E-state index contributed by atoms with van der Waals surface area (Å²) in [5, 5.41) is 1.17. The minimum Gasteiger partial charge on any atom is -0.487 e. The smallest absolute Gasteiger partial charge is 0.142 e. The van der Waals surface area contributed by atoms with Crippen molar-refractivity contribution in [2.24, 2.45) is 4.99 Å². The number of para-hydroxylation sites is 1. The summed E-state index contributed by atoms with van der Waals surface area (Å²) in [6, 6.07) is 17.2. The van der Waals surface area contributed by atoms with E-state index >= 15 is 0 Å². The van der Waals surface area contributed by atoms with E-state index in [4.69, 9.17) is 27.9 Å². The molecule has 3 aromatic rings. The Kier molecular flexibility index (Phi) is 6.99. The number of halogens is 4. The quantitative estimate of drug-likeness (QED) is 0.307. The van der Waals surface area contributed by atoms with Gasteiger partial charge in [0.2, 0.25) is 0 Å². The van der Waals surface area contributed by atoms with E-state index in [2.05, 4.69) is 36.9 Å². The molecule has 6 heteroatoms. The largest absolute Gasteiger partial charge is 0.487 e. The summed E-state index contributed by atoms with van der Waals surface area (Å²) in [6.45, 7) is 2.35. The maximum atomic E-state index is 6.25. The zero-order valence-corrected chi connectivity index (χ0v) is 19.0. The lowest BCUT2D eigenvalue weighted by Crippen LogP contribution is -2.00. The number of nitrogens with zero attached hydrogens (tertiary/aromatic N) is 1. The van der Waals surface area contributed by atoms with Crippen LogP contribution >= 0.6 is 55.1 Å². The molecular formula is C21H15Br2Cl2NO. The molecule has 0 aliphatic heterocycles. The van der Waals surface area contributed by atoms with E-state index in [-0.39, 0.29) is 0 Å². The van der Waals surface area contributed by atoms with Crippen molar-refractivity contribution < 1.29 is 4.74 Å². The maximum Gasteiger partial charge on any atom is 0.142 e. The second-order valence-electron chi connectivity index (χ2n) is 5.88. The normalized spacial score (nSPS) is 11.1. The summed E-state index contributed by atoms with van der Waals surface area (Å²) in [5.41, 5.74) is 3.74. The van der Waals surface area contributed by atoms with E-state index in [0.717, 1.165) is 31.3 Å². The Morgan fingerprint density at radius 2 is 1.81 bits per heavy atom. The fraction of sp³-hybridized carbons (Fsp3) is 0.0952. The van der Waals surface area contributed by atoms with Crippen molar-refractivity contribution in [1.29, 1.82) is 0 Å². The molecule has 3 rings (SSSR count). The van der Waals surface area contributed by atoms with Crippen LogP contribution in [0.15, 0.2) is 68.5 Å². The molecule has 2 nitrogen and oxygen atoms in total. The van der Waals surface area contributed by atoms with Crippen LogP contribution in [0.5, 0.6) is 5.75 Å². The summed E-state index contributed by atoms with van der Waals surface area (Å²) in [7, 11) is 0. The van der Waals surface area contributed by atoms with Gasteiger partial charge in [0, 0.05) is 31.9 Å². The predicted octanol–water partition coefficient (Wildman–Crippen LogP) is 8.16.